The van der Waals surface area contributed by atoms with Gasteiger partial charge in [-0.2, -0.15) is 0 Å². The molecule has 0 spiro atoms. The zero-order chi connectivity index (χ0) is 18.2. The first-order valence-electron chi connectivity index (χ1n) is 7.60. The summed E-state index contributed by atoms with van der Waals surface area (Å²) < 4.78 is 10.3. The van der Waals surface area contributed by atoms with Gasteiger partial charge in [-0.25, -0.2) is 9.78 Å². The summed E-state index contributed by atoms with van der Waals surface area (Å²) in [6.07, 6.45) is 1.52. The van der Waals surface area contributed by atoms with E-state index in [9.17, 15) is 4.79 Å². The van der Waals surface area contributed by atoms with Crippen LogP contribution < -0.4 is 15.4 Å². The van der Waals surface area contributed by atoms with Gasteiger partial charge in [0.15, 0.2) is 0 Å². The van der Waals surface area contributed by atoms with Gasteiger partial charge in [0, 0.05) is 23.2 Å². The van der Waals surface area contributed by atoms with Crippen LogP contribution >= 0.6 is 23.2 Å². The molecule has 1 unspecified atom stereocenters. The van der Waals surface area contributed by atoms with Gasteiger partial charge in [-0.05, 0) is 30.7 Å². The fourth-order valence-corrected chi connectivity index (χ4v) is 2.64. The first-order chi connectivity index (χ1) is 12.0. The summed E-state index contributed by atoms with van der Waals surface area (Å²) in [5, 5.41) is 6.56. The van der Waals surface area contributed by atoms with Crippen LogP contribution in [0.15, 0.2) is 36.5 Å². The Morgan fingerprint density at radius 3 is 2.68 bits per heavy atom. The van der Waals surface area contributed by atoms with Gasteiger partial charge in [-0.15, -0.1) is 0 Å². The summed E-state index contributed by atoms with van der Waals surface area (Å²) in [4.78, 5) is 16.2. The molecule has 0 saturated carbocycles. The number of carbonyl (C=O) groups is 1. The normalized spacial score (nSPS) is 11.7. The van der Waals surface area contributed by atoms with Crippen molar-refractivity contribution in [1.29, 1.82) is 0 Å². The fraction of sp³-hybridized carbons (Fsp3) is 0.294. The second-order valence-corrected chi connectivity index (χ2v) is 6.06. The summed E-state index contributed by atoms with van der Waals surface area (Å²) >= 11 is 12.0. The maximum absolute atomic E-state index is 12.1. The number of pyridine rings is 1. The van der Waals surface area contributed by atoms with Crippen LogP contribution in [0.4, 0.5) is 10.5 Å². The minimum Gasteiger partial charge on any atom is -0.475 e. The highest BCUT2D eigenvalue weighted by atomic mass is 35.5. The van der Waals surface area contributed by atoms with Gasteiger partial charge in [0.05, 0.1) is 24.5 Å². The van der Waals surface area contributed by atoms with E-state index >= 15 is 0 Å². The Bertz CT molecular complexity index is 711. The molecule has 8 heteroatoms. The van der Waals surface area contributed by atoms with Gasteiger partial charge in [0.2, 0.25) is 5.88 Å². The monoisotopic (exact) mass is 383 g/mol. The van der Waals surface area contributed by atoms with E-state index in [0.717, 1.165) is 5.56 Å². The van der Waals surface area contributed by atoms with Crippen LogP contribution in [-0.4, -0.2) is 31.3 Å². The molecule has 1 aromatic carbocycles. The van der Waals surface area contributed by atoms with Crippen LogP contribution in [0.5, 0.6) is 5.88 Å². The molecule has 1 atom stereocenters. The van der Waals surface area contributed by atoms with E-state index in [1.807, 2.05) is 6.92 Å². The summed E-state index contributed by atoms with van der Waals surface area (Å²) in [6, 6.07) is 7.87. The average molecular weight is 384 g/mol. The zero-order valence-corrected chi connectivity index (χ0v) is 15.4. The Balaban J connectivity index is 1.89. The highest BCUT2D eigenvalue weighted by Crippen LogP contribution is 2.26. The van der Waals surface area contributed by atoms with Crippen molar-refractivity contribution in [3.05, 3.63) is 52.1 Å². The van der Waals surface area contributed by atoms with Crippen molar-refractivity contribution in [2.45, 2.75) is 13.0 Å². The van der Waals surface area contributed by atoms with E-state index in [1.165, 1.54) is 6.20 Å². The molecule has 134 valence electrons. The first-order valence-corrected chi connectivity index (χ1v) is 8.35. The Morgan fingerprint density at radius 1 is 1.24 bits per heavy atom. The number of carbonyl (C=O) groups excluding carboxylic acids is 1. The van der Waals surface area contributed by atoms with Crippen molar-refractivity contribution in [2.24, 2.45) is 0 Å². The predicted molar refractivity (Wildman–Crippen MR) is 98.6 cm³/mol. The molecule has 1 heterocycles. The molecule has 2 aromatic rings. The largest absolute Gasteiger partial charge is 0.475 e. The molecule has 0 aliphatic rings. The minimum atomic E-state index is -0.367. The fourth-order valence-electron chi connectivity index (χ4n) is 2.06. The van der Waals surface area contributed by atoms with Crippen LogP contribution in [-0.2, 0) is 4.74 Å². The maximum Gasteiger partial charge on any atom is 0.319 e. The van der Waals surface area contributed by atoms with Crippen molar-refractivity contribution in [2.75, 3.05) is 25.6 Å². The Labute approximate surface area is 156 Å². The van der Waals surface area contributed by atoms with E-state index in [2.05, 4.69) is 15.6 Å². The summed E-state index contributed by atoms with van der Waals surface area (Å²) in [5.41, 5.74) is 1.33. The van der Waals surface area contributed by atoms with Gasteiger partial charge >= 0.3 is 6.03 Å². The Morgan fingerprint density at radius 2 is 2.04 bits per heavy atom. The van der Waals surface area contributed by atoms with E-state index in [-0.39, 0.29) is 12.1 Å². The quantitative estimate of drug-likeness (QED) is 0.699. The lowest BCUT2D eigenvalue weighted by atomic mass is 10.1. The molecule has 25 heavy (non-hydrogen) atoms. The lowest BCUT2D eigenvalue weighted by Gasteiger charge is -2.16. The number of anilines is 1. The molecule has 2 N–H and O–H groups in total. The molecule has 0 aliphatic heterocycles. The van der Waals surface area contributed by atoms with E-state index in [4.69, 9.17) is 32.7 Å². The highest BCUT2D eigenvalue weighted by molar-refractivity contribution is 6.35. The molecule has 6 nitrogen and oxygen atoms in total. The van der Waals surface area contributed by atoms with Gasteiger partial charge < -0.3 is 20.1 Å². The number of hydrogen-bond donors (Lipinski definition) is 2. The maximum atomic E-state index is 12.1. The minimum absolute atomic E-state index is 0.283. The second kappa shape index (κ2) is 9.46. The topological polar surface area (TPSA) is 72.5 Å². The molecule has 0 saturated heterocycles. The van der Waals surface area contributed by atoms with Gasteiger partial charge in [0.25, 0.3) is 0 Å². The number of nitrogens with zero attached hydrogens (tertiary/aromatic N) is 1. The molecular weight excluding hydrogens is 365 g/mol. The molecular formula is C17H19Cl2N3O3. The number of amides is 2. The lowest BCUT2D eigenvalue weighted by molar-refractivity contribution is 0.144. The van der Waals surface area contributed by atoms with E-state index in [0.29, 0.717) is 34.8 Å². The number of halogens is 2. The SMILES string of the molecule is COCCOc1ccc(NC(=O)NC(C)c2ccc(Cl)cc2Cl)cn1. The third-order valence-corrected chi connectivity index (χ3v) is 3.87. The summed E-state index contributed by atoms with van der Waals surface area (Å²) in [6.45, 7) is 2.73. The number of aromatic nitrogens is 1. The van der Waals surface area contributed by atoms with Gasteiger partial charge in [-0.1, -0.05) is 29.3 Å². The number of rotatable bonds is 7. The lowest BCUT2D eigenvalue weighted by Crippen LogP contribution is -2.31. The second-order valence-electron chi connectivity index (χ2n) is 5.21. The number of nitrogens with one attached hydrogen (secondary N) is 2. The van der Waals surface area contributed by atoms with Crippen LogP contribution in [0.3, 0.4) is 0 Å². The predicted octanol–water partition coefficient (Wildman–Crippen LogP) is 4.30. The van der Waals surface area contributed by atoms with Crippen molar-refractivity contribution >= 4 is 34.9 Å². The molecule has 1 aromatic heterocycles. The van der Waals surface area contributed by atoms with Crippen molar-refractivity contribution in [3.63, 3.8) is 0 Å². The number of benzene rings is 1. The standard InChI is InChI=1S/C17H19Cl2N3O3/c1-11(14-5-3-12(18)9-15(14)19)21-17(23)22-13-4-6-16(20-10-13)25-8-7-24-2/h3-6,9-11H,7-8H2,1-2H3,(H2,21,22,23). The third kappa shape index (κ3) is 6.08. The van der Waals surface area contributed by atoms with Crippen LogP contribution in [0.1, 0.15) is 18.5 Å². The summed E-state index contributed by atoms with van der Waals surface area (Å²) in [7, 11) is 1.60. The van der Waals surface area contributed by atoms with Gasteiger partial charge in [0.1, 0.15) is 6.61 Å². The van der Waals surface area contributed by atoms with E-state index < -0.39 is 0 Å². The summed E-state index contributed by atoms with van der Waals surface area (Å²) in [5.74, 6) is 0.462. The van der Waals surface area contributed by atoms with Gasteiger partial charge in [-0.3, -0.25) is 0 Å². The van der Waals surface area contributed by atoms with Crippen LogP contribution in [0.25, 0.3) is 0 Å². The number of ether oxygens (including phenoxy) is 2. The Kier molecular flexibility index (Phi) is 7.31. The van der Waals surface area contributed by atoms with E-state index in [1.54, 1.807) is 37.4 Å². The third-order valence-electron chi connectivity index (χ3n) is 3.31. The number of urea groups is 1. The van der Waals surface area contributed by atoms with Crippen molar-refractivity contribution < 1.29 is 14.3 Å². The molecule has 0 fully saturated rings. The Hall–Kier alpha value is -2.02. The smallest absolute Gasteiger partial charge is 0.319 e. The molecule has 0 radical (unpaired) electrons. The molecule has 2 rings (SSSR count). The van der Waals surface area contributed by atoms with Crippen molar-refractivity contribution in [1.82, 2.24) is 10.3 Å². The highest BCUT2D eigenvalue weighted by Gasteiger charge is 2.13. The van der Waals surface area contributed by atoms with Crippen LogP contribution in [0.2, 0.25) is 10.0 Å². The van der Waals surface area contributed by atoms with Crippen LogP contribution in [0, 0.1) is 0 Å². The number of hydrogen-bond acceptors (Lipinski definition) is 4. The molecule has 0 aliphatic carbocycles. The number of methoxy groups -OCH3 is 1. The average Bonchev–Trinajstić information content (AvgIpc) is 2.56. The first kappa shape index (κ1) is 19.3. The molecule has 2 amide bonds. The molecule has 0 bridgehead atoms. The zero-order valence-electron chi connectivity index (χ0n) is 13.9. The van der Waals surface area contributed by atoms with Crippen molar-refractivity contribution in [3.8, 4) is 5.88 Å².